The first-order chi connectivity index (χ1) is 12.8. The third-order valence-corrected chi connectivity index (χ3v) is 3.48. The minimum absolute atomic E-state index is 0. The molecule has 0 saturated carbocycles. The highest BCUT2D eigenvalue weighted by molar-refractivity contribution is 6.32. The molecule has 9 nitrogen and oxygen atoms in total. The van der Waals surface area contributed by atoms with Crippen molar-refractivity contribution in [3.63, 3.8) is 0 Å². The zero-order valence-electron chi connectivity index (χ0n) is 15.0. The van der Waals surface area contributed by atoms with Crippen molar-refractivity contribution in [3.05, 3.63) is 40.8 Å². The van der Waals surface area contributed by atoms with Gasteiger partial charge in [0.25, 0.3) is 0 Å². The number of hydrogen-bond acceptors (Lipinski definition) is 6. The number of anilines is 2. The van der Waals surface area contributed by atoms with Gasteiger partial charge in [-0.25, -0.2) is 14.8 Å². The minimum Gasteiger partial charge on any atom is -0.489 e. The SMILES string of the molecule is CC(C)Oc1cc(CC(N)=O)c(Cl)cc1NC(=O)Nc1cnc(C#N)cn1.Cl. The molecule has 0 aliphatic heterocycles. The lowest BCUT2D eigenvalue weighted by Gasteiger charge is -2.17. The summed E-state index contributed by atoms with van der Waals surface area (Å²) in [6, 6.07) is 4.26. The largest absolute Gasteiger partial charge is 0.489 e. The number of carbonyl (C=O) groups is 2. The average molecular weight is 425 g/mol. The fourth-order valence-corrected chi connectivity index (χ4v) is 2.32. The smallest absolute Gasteiger partial charge is 0.325 e. The number of primary amides is 1. The maximum absolute atomic E-state index is 12.2. The first-order valence-electron chi connectivity index (χ1n) is 7.86. The van der Waals surface area contributed by atoms with Crippen molar-refractivity contribution < 1.29 is 14.3 Å². The van der Waals surface area contributed by atoms with Crippen LogP contribution in [-0.4, -0.2) is 28.0 Å². The van der Waals surface area contributed by atoms with E-state index >= 15 is 0 Å². The van der Waals surface area contributed by atoms with Crippen molar-refractivity contribution in [3.8, 4) is 11.8 Å². The van der Waals surface area contributed by atoms with E-state index in [0.717, 1.165) is 0 Å². The Labute approximate surface area is 172 Å². The standard InChI is InChI=1S/C17H17ClN6O3.ClH/c1-9(2)27-14-3-10(4-15(20)25)12(18)5-13(14)23-17(26)24-16-8-21-11(6-19)7-22-16;/h3,5,7-9H,4H2,1-2H3,(H2,20,25)(H2,22,23,24,26);1H. The molecule has 0 fully saturated rings. The number of ether oxygens (including phenoxy) is 1. The average Bonchev–Trinajstić information content (AvgIpc) is 2.58. The number of carbonyl (C=O) groups excluding carboxylic acids is 2. The van der Waals surface area contributed by atoms with Gasteiger partial charge < -0.3 is 15.8 Å². The highest BCUT2D eigenvalue weighted by Gasteiger charge is 2.15. The molecule has 3 amide bonds. The second-order valence-electron chi connectivity index (χ2n) is 5.73. The van der Waals surface area contributed by atoms with E-state index in [1.807, 2.05) is 19.9 Å². The van der Waals surface area contributed by atoms with Crippen LogP contribution in [0.2, 0.25) is 5.02 Å². The Morgan fingerprint density at radius 1 is 1.29 bits per heavy atom. The van der Waals surface area contributed by atoms with Crippen LogP contribution in [-0.2, 0) is 11.2 Å². The Morgan fingerprint density at radius 2 is 2.00 bits per heavy atom. The quantitative estimate of drug-likeness (QED) is 0.649. The van der Waals surface area contributed by atoms with E-state index in [-0.39, 0.29) is 41.5 Å². The summed E-state index contributed by atoms with van der Waals surface area (Å²) in [7, 11) is 0. The van der Waals surface area contributed by atoms with E-state index in [2.05, 4.69) is 20.6 Å². The lowest BCUT2D eigenvalue weighted by molar-refractivity contribution is -0.117. The molecular formula is C17H18Cl2N6O3. The Balaban J connectivity index is 0.00000392. The van der Waals surface area contributed by atoms with Gasteiger partial charge in [-0.05, 0) is 31.5 Å². The van der Waals surface area contributed by atoms with Crippen LogP contribution in [0.5, 0.6) is 5.75 Å². The minimum atomic E-state index is -0.610. The molecule has 0 radical (unpaired) electrons. The normalized spacial score (nSPS) is 9.82. The molecule has 0 unspecified atom stereocenters. The zero-order chi connectivity index (χ0) is 20.0. The molecule has 1 heterocycles. The number of urea groups is 1. The lowest BCUT2D eigenvalue weighted by Crippen LogP contribution is -2.21. The van der Waals surface area contributed by atoms with Gasteiger partial charge in [-0.1, -0.05) is 11.6 Å². The van der Waals surface area contributed by atoms with Crippen molar-refractivity contribution in [2.24, 2.45) is 5.73 Å². The summed E-state index contributed by atoms with van der Waals surface area (Å²) >= 11 is 6.17. The molecule has 2 aromatic rings. The summed E-state index contributed by atoms with van der Waals surface area (Å²) in [6.45, 7) is 3.64. The number of aromatic nitrogens is 2. The van der Waals surface area contributed by atoms with Gasteiger partial charge in [0, 0.05) is 5.02 Å². The van der Waals surface area contributed by atoms with E-state index in [9.17, 15) is 9.59 Å². The van der Waals surface area contributed by atoms with Crippen LogP contribution in [0.4, 0.5) is 16.3 Å². The molecule has 1 aromatic heterocycles. The van der Waals surface area contributed by atoms with Gasteiger partial charge in [-0.15, -0.1) is 12.4 Å². The van der Waals surface area contributed by atoms with Crippen LogP contribution in [0.1, 0.15) is 25.1 Å². The molecule has 148 valence electrons. The number of nitriles is 1. The molecule has 0 atom stereocenters. The highest BCUT2D eigenvalue weighted by Crippen LogP contribution is 2.32. The topological polar surface area (TPSA) is 143 Å². The zero-order valence-corrected chi connectivity index (χ0v) is 16.6. The third kappa shape index (κ3) is 6.57. The number of nitrogens with two attached hydrogens (primary N) is 1. The molecule has 11 heteroatoms. The van der Waals surface area contributed by atoms with Crippen LogP contribution in [0.3, 0.4) is 0 Å². The number of rotatable bonds is 6. The molecular weight excluding hydrogens is 407 g/mol. The molecule has 0 saturated heterocycles. The van der Waals surface area contributed by atoms with Crippen LogP contribution >= 0.6 is 24.0 Å². The fraction of sp³-hybridized carbons (Fsp3) is 0.235. The Kier molecular flexibility index (Phi) is 8.44. The highest BCUT2D eigenvalue weighted by atomic mass is 35.5. The second kappa shape index (κ2) is 10.3. The number of halogens is 2. The Morgan fingerprint density at radius 3 is 2.54 bits per heavy atom. The maximum Gasteiger partial charge on any atom is 0.325 e. The summed E-state index contributed by atoms with van der Waals surface area (Å²) < 4.78 is 5.69. The van der Waals surface area contributed by atoms with Crippen LogP contribution in [0, 0.1) is 11.3 Å². The van der Waals surface area contributed by atoms with E-state index in [0.29, 0.717) is 17.0 Å². The predicted molar refractivity (Wildman–Crippen MR) is 107 cm³/mol. The van der Waals surface area contributed by atoms with Crippen LogP contribution in [0.15, 0.2) is 24.5 Å². The number of amides is 3. The van der Waals surface area contributed by atoms with Gasteiger partial charge in [-0.3, -0.25) is 10.1 Å². The molecule has 1 aromatic carbocycles. The van der Waals surface area contributed by atoms with E-state index in [1.165, 1.54) is 18.5 Å². The van der Waals surface area contributed by atoms with Crippen molar-refractivity contribution in [2.45, 2.75) is 26.4 Å². The number of benzene rings is 1. The third-order valence-electron chi connectivity index (χ3n) is 3.13. The van der Waals surface area contributed by atoms with Crippen molar-refractivity contribution >= 4 is 47.5 Å². The van der Waals surface area contributed by atoms with Gasteiger partial charge in [0.1, 0.15) is 11.8 Å². The summed E-state index contributed by atoms with van der Waals surface area (Å²) in [5, 5.41) is 14.1. The molecule has 28 heavy (non-hydrogen) atoms. The Bertz CT molecular complexity index is 897. The second-order valence-corrected chi connectivity index (χ2v) is 6.13. The van der Waals surface area contributed by atoms with Crippen molar-refractivity contribution in [1.29, 1.82) is 5.26 Å². The molecule has 0 aliphatic rings. The van der Waals surface area contributed by atoms with Gasteiger partial charge in [-0.2, -0.15) is 5.26 Å². The van der Waals surface area contributed by atoms with Gasteiger partial charge >= 0.3 is 6.03 Å². The van der Waals surface area contributed by atoms with Gasteiger partial charge in [0.05, 0.1) is 30.6 Å². The number of hydrogen-bond donors (Lipinski definition) is 3. The van der Waals surface area contributed by atoms with Crippen LogP contribution in [0.25, 0.3) is 0 Å². The molecule has 0 bridgehead atoms. The molecule has 0 aliphatic carbocycles. The predicted octanol–water partition coefficient (Wildman–Crippen LogP) is 2.88. The first kappa shape index (κ1) is 23.0. The monoisotopic (exact) mass is 424 g/mol. The molecule has 4 N–H and O–H groups in total. The number of nitrogens with one attached hydrogen (secondary N) is 2. The van der Waals surface area contributed by atoms with E-state index < -0.39 is 11.9 Å². The first-order valence-corrected chi connectivity index (χ1v) is 8.23. The van der Waals surface area contributed by atoms with E-state index in [4.69, 9.17) is 27.3 Å². The fourth-order valence-electron chi connectivity index (χ4n) is 2.09. The number of nitrogens with zero attached hydrogens (tertiary/aromatic N) is 3. The summed E-state index contributed by atoms with van der Waals surface area (Å²) in [4.78, 5) is 31.1. The lowest BCUT2D eigenvalue weighted by atomic mass is 10.1. The summed E-state index contributed by atoms with van der Waals surface area (Å²) in [5.74, 6) is -0.0359. The summed E-state index contributed by atoms with van der Waals surface area (Å²) in [6.07, 6.45) is 2.26. The summed E-state index contributed by atoms with van der Waals surface area (Å²) in [5.41, 5.74) is 6.15. The van der Waals surface area contributed by atoms with Crippen molar-refractivity contribution in [2.75, 3.05) is 10.6 Å². The maximum atomic E-state index is 12.2. The molecule has 0 spiro atoms. The van der Waals surface area contributed by atoms with Gasteiger partial charge in [0.15, 0.2) is 11.5 Å². The van der Waals surface area contributed by atoms with E-state index in [1.54, 1.807) is 6.07 Å². The van der Waals surface area contributed by atoms with Gasteiger partial charge in [0.2, 0.25) is 5.91 Å². The van der Waals surface area contributed by atoms with Crippen molar-refractivity contribution in [1.82, 2.24) is 9.97 Å². The molecule has 2 rings (SSSR count). The van der Waals surface area contributed by atoms with Crippen LogP contribution < -0.4 is 21.1 Å². The Hall–Kier alpha value is -3.09.